The highest BCUT2D eigenvalue weighted by atomic mass is 79.9. The summed E-state index contributed by atoms with van der Waals surface area (Å²) in [6, 6.07) is 8.14. The Kier molecular flexibility index (Phi) is 2.41. The molecule has 2 aromatic rings. The summed E-state index contributed by atoms with van der Waals surface area (Å²) in [7, 11) is 0. The third-order valence-electron chi connectivity index (χ3n) is 1.72. The van der Waals surface area contributed by atoms with E-state index in [0.29, 0.717) is 0 Å². The van der Waals surface area contributed by atoms with Crippen LogP contribution in [0.1, 0.15) is 5.56 Å². The molecule has 0 spiro atoms. The van der Waals surface area contributed by atoms with Gasteiger partial charge in [-0.05, 0) is 34.1 Å². The van der Waals surface area contributed by atoms with Crippen molar-refractivity contribution in [3.05, 3.63) is 32.0 Å². The Morgan fingerprint density at radius 2 is 2.08 bits per heavy atom. The molecule has 2 rings (SSSR count). The molecule has 0 bridgehead atoms. The fraction of sp³-hybridized carbons (Fsp3) is 0. The van der Waals surface area contributed by atoms with Crippen LogP contribution in [0.15, 0.2) is 26.5 Å². The standard InChI is InChI=1S/C9H3Br2NS/c10-5-1-2-8-6(3-5)7(4-12)9(11)13-8/h1-3H. The Hall–Kier alpha value is -0.370. The van der Waals surface area contributed by atoms with Gasteiger partial charge in [-0.2, -0.15) is 5.26 Å². The number of nitriles is 1. The minimum absolute atomic E-state index is 0.723. The summed E-state index contributed by atoms with van der Waals surface area (Å²) in [6.45, 7) is 0. The molecule has 0 unspecified atom stereocenters. The number of hydrogen-bond acceptors (Lipinski definition) is 2. The van der Waals surface area contributed by atoms with E-state index in [4.69, 9.17) is 5.26 Å². The van der Waals surface area contributed by atoms with Crippen LogP contribution in [0.4, 0.5) is 0 Å². The summed E-state index contributed by atoms with van der Waals surface area (Å²) < 4.78 is 3.04. The topological polar surface area (TPSA) is 23.8 Å². The first kappa shape index (κ1) is 9.20. The van der Waals surface area contributed by atoms with Crippen LogP contribution in [-0.2, 0) is 0 Å². The number of fused-ring (bicyclic) bond motifs is 1. The number of nitrogens with zero attached hydrogens (tertiary/aromatic N) is 1. The number of thiophene rings is 1. The summed E-state index contributed by atoms with van der Waals surface area (Å²) in [5, 5.41) is 9.92. The van der Waals surface area contributed by atoms with Crippen LogP contribution in [-0.4, -0.2) is 0 Å². The van der Waals surface area contributed by atoms with E-state index in [2.05, 4.69) is 37.9 Å². The third-order valence-corrected chi connectivity index (χ3v) is 4.05. The lowest BCUT2D eigenvalue weighted by molar-refractivity contribution is 1.51. The minimum Gasteiger partial charge on any atom is -0.192 e. The Bertz CT molecular complexity index is 510. The lowest BCUT2D eigenvalue weighted by Gasteiger charge is -1.90. The maximum Gasteiger partial charge on any atom is 0.102 e. The average Bonchev–Trinajstić information content (AvgIpc) is 2.40. The van der Waals surface area contributed by atoms with Crippen molar-refractivity contribution in [1.29, 1.82) is 5.26 Å². The maximum absolute atomic E-state index is 8.91. The number of benzene rings is 1. The van der Waals surface area contributed by atoms with E-state index in [1.54, 1.807) is 11.3 Å². The van der Waals surface area contributed by atoms with Crippen molar-refractivity contribution in [2.75, 3.05) is 0 Å². The van der Waals surface area contributed by atoms with Crippen molar-refractivity contribution >= 4 is 53.3 Å². The van der Waals surface area contributed by atoms with Crippen LogP contribution in [0.25, 0.3) is 10.1 Å². The molecule has 1 aromatic carbocycles. The van der Waals surface area contributed by atoms with Crippen molar-refractivity contribution in [1.82, 2.24) is 0 Å². The monoisotopic (exact) mass is 315 g/mol. The third kappa shape index (κ3) is 1.52. The van der Waals surface area contributed by atoms with Crippen LogP contribution in [0.2, 0.25) is 0 Å². The average molecular weight is 317 g/mol. The molecular formula is C9H3Br2NS. The Balaban J connectivity index is 2.91. The molecule has 64 valence electrons. The van der Waals surface area contributed by atoms with Crippen LogP contribution in [0, 0.1) is 11.3 Å². The highest BCUT2D eigenvalue weighted by Gasteiger charge is 2.09. The van der Waals surface area contributed by atoms with Crippen molar-refractivity contribution < 1.29 is 0 Å². The van der Waals surface area contributed by atoms with Gasteiger partial charge in [0.15, 0.2) is 0 Å². The molecule has 0 aliphatic heterocycles. The summed E-state index contributed by atoms with van der Waals surface area (Å²) in [5.74, 6) is 0. The van der Waals surface area contributed by atoms with Gasteiger partial charge in [0.25, 0.3) is 0 Å². The predicted molar refractivity (Wildman–Crippen MR) is 61.9 cm³/mol. The largest absolute Gasteiger partial charge is 0.192 e. The van der Waals surface area contributed by atoms with Gasteiger partial charge < -0.3 is 0 Å². The van der Waals surface area contributed by atoms with Gasteiger partial charge in [0.2, 0.25) is 0 Å². The lowest BCUT2D eigenvalue weighted by Crippen LogP contribution is -1.70. The molecule has 0 saturated carbocycles. The number of halogens is 2. The fourth-order valence-electron chi connectivity index (χ4n) is 1.14. The molecule has 13 heavy (non-hydrogen) atoms. The number of rotatable bonds is 0. The second-order valence-electron chi connectivity index (χ2n) is 2.50. The predicted octanol–water partition coefficient (Wildman–Crippen LogP) is 4.30. The Morgan fingerprint density at radius 1 is 1.31 bits per heavy atom. The Labute approximate surface area is 96.2 Å². The summed E-state index contributed by atoms with van der Waals surface area (Å²) in [4.78, 5) is 0. The highest BCUT2D eigenvalue weighted by molar-refractivity contribution is 9.11. The van der Waals surface area contributed by atoms with Crippen LogP contribution in [0.5, 0.6) is 0 Å². The normalized spacial score (nSPS) is 10.2. The molecule has 0 N–H and O–H groups in total. The molecule has 0 fully saturated rings. The van der Waals surface area contributed by atoms with Crippen molar-refractivity contribution in [2.24, 2.45) is 0 Å². The first-order valence-corrected chi connectivity index (χ1v) is 5.90. The van der Waals surface area contributed by atoms with E-state index in [1.165, 1.54) is 0 Å². The first-order chi connectivity index (χ1) is 6.22. The van der Waals surface area contributed by atoms with Crippen LogP contribution >= 0.6 is 43.2 Å². The zero-order chi connectivity index (χ0) is 9.42. The lowest BCUT2D eigenvalue weighted by atomic mass is 10.2. The second kappa shape index (κ2) is 3.41. The van der Waals surface area contributed by atoms with Crippen LogP contribution in [0.3, 0.4) is 0 Å². The van der Waals surface area contributed by atoms with E-state index < -0.39 is 0 Å². The molecule has 1 aromatic heterocycles. The molecule has 0 atom stereocenters. The minimum atomic E-state index is 0.723. The molecule has 0 saturated heterocycles. The molecule has 1 heterocycles. The van der Waals surface area contributed by atoms with Gasteiger partial charge in [0.1, 0.15) is 6.07 Å². The quantitative estimate of drug-likeness (QED) is 0.711. The number of hydrogen-bond donors (Lipinski definition) is 0. The highest BCUT2D eigenvalue weighted by Crippen LogP contribution is 2.36. The Morgan fingerprint density at radius 3 is 2.77 bits per heavy atom. The van der Waals surface area contributed by atoms with Gasteiger partial charge in [-0.1, -0.05) is 15.9 Å². The van der Waals surface area contributed by atoms with Gasteiger partial charge in [-0.15, -0.1) is 11.3 Å². The second-order valence-corrected chi connectivity index (χ2v) is 5.79. The van der Waals surface area contributed by atoms with E-state index >= 15 is 0 Å². The summed E-state index contributed by atoms with van der Waals surface area (Å²) in [5.41, 5.74) is 0.723. The molecule has 4 heteroatoms. The van der Waals surface area contributed by atoms with Gasteiger partial charge >= 0.3 is 0 Å². The van der Waals surface area contributed by atoms with E-state index in [-0.39, 0.29) is 0 Å². The SMILES string of the molecule is N#Cc1c(Br)sc2ccc(Br)cc12. The van der Waals surface area contributed by atoms with Gasteiger partial charge in [0, 0.05) is 14.6 Å². The summed E-state index contributed by atoms with van der Waals surface area (Å²) >= 11 is 8.35. The molecular weight excluding hydrogens is 314 g/mol. The van der Waals surface area contributed by atoms with Crippen molar-refractivity contribution in [2.45, 2.75) is 0 Å². The molecule has 0 aliphatic rings. The zero-order valence-electron chi connectivity index (χ0n) is 6.34. The van der Waals surface area contributed by atoms with Gasteiger partial charge in [0.05, 0.1) is 9.35 Å². The maximum atomic E-state index is 8.91. The smallest absolute Gasteiger partial charge is 0.102 e. The first-order valence-electron chi connectivity index (χ1n) is 3.50. The van der Waals surface area contributed by atoms with Crippen molar-refractivity contribution in [3.8, 4) is 6.07 Å². The molecule has 0 radical (unpaired) electrons. The van der Waals surface area contributed by atoms with Crippen LogP contribution < -0.4 is 0 Å². The molecule has 0 aliphatic carbocycles. The van der Waals surface area contributed by atoms with E-state index in [1.807, 2.05) is 18.2 Å². The summed E-state index contributed by atoms with van der Waals surface area (Å²) in [6.07, 6.45) is 0. The van der Waals surface area contributed by atoms with E-state index in [9.17, 15) is 0 Å². The molecule has 0 amide bonds. The fourth-order valence-corrected chi connectivity index (χ4v) is 3.19. The van der Waals surface area contributed by atoms with Gasteiger partial charge in [-0.25, -0.2) is 0 Å². The van der Waals surface area contributed by atoms with Crippen molar-refractivity contribution in [3.63, 3.8) is 0 Å². The van der Waals surface area contributed by atoms with E-state index in [0.717, 1.165) is 23.9 Å². The zero-order valence-corrected chi connectivity index (χ0v) is 10.3. The molecule has 1 nitrogen and oxygen atoms in total. The van der Waals surface area contributed by atoms with Gasteiger partial charge in [-0.3, -0.25) is 0 Å².